The molecule has 156 valence electrons. The summed E-state index contributed by atoms with van der Waals surface area (Å²) in [5.41, 5.74) is 0.707. The number of thioether (sulfide) groups is 1. The Bertz CT molecular complexity index is 957. The Morgan fingerprint density at radius 2 is 1.79 bits per heavy atom. The number of carbonyl (C=O) groups excluding carboxylic acids is 2. The number of methoxy groups -OCH3 is 3. The van der Waals surface area contributed by atoms with Gasteiger partial charge in [-0.25, -0.2) is 9.78 Å². The first-order valence-corrected chi connectivity index (χ1v) is 9.65. The third-order valence-electron chi connectivity index (χ3n) is 3.87. The van der Waals surface area contributed by atoms with Crippen LogP contribution in [0, 0.1) is 0 Å². The number of hydrogen-bond acceptors (Lipinski definition) is 8. The summed E-state index contributed by atoms with van der Waals surface area (Å²) in [6.07, 6.45) is 0. The lowest BCUT2D eigenvalue weighted by Crippen LogP contribution is -2.18. The van der Waals surface area contributed by atoms with Gasteiger partial charge in [0.15, 0.2) is 16.7 Å². The van der Waals surface area contributed by atoms with Crippen molar-refractivity contribution in [1.82, 2.24) is 9.97 Å². The van der Waals surface area contributed by atoms with Crippen molar-refractivity contribution in [3.05, 3.63) is 39.8 Å². The molecule has 1 heterocycles. The molecule has 0 spiro atoms. The molecule has 0 saturated heterocycles. The SMILES string of the molecule is COC(=O)c1cc(OC)c(OC)cc1NC(=O)CSc1nc(C(C)C)cc(=O)[nH]1. The predicted molar refractivity (Wildman–Crippen MR) is 109 cm³/mol. The Labute approximate surface area is 172 Å². The van der Waals surface area contributed by atoms with E-state index in [2.05, 4.69) is 15.3 Å². The van der Waals surface area contributed by atoms with E-state index in [-0.39, 0.29) is 28.5 Å². The highest BCUT2D eigenvalue weighted by atomic mass is 32.2. The maximum Gasteiger partial charge on any atom is 0.340 e. The molecule has 10 heteroatoms. The van der Waals surface area contributed by atoms with Crippen molar-refractivity contribution in [2.75, 3.05) is 32.4 Å². The highest BCUT2D eigenvalue weighted by Crippen LogP contribution is 2.34. The number of anilines is 1. The van der Waals surface area contributed by atoms with E-state index >= 15 is 0 Å². The van der Waals surface area contributed by atoms with Crippen molar-refractivity contribution in [2.45, 2.75) is 24.9 Å². The highest BCUT2D eigenvalue weighted by Gasteiger charge is 2.19. The van der Waals surface area contributed by atoms with Crippen molar-refractivity contribution in [2.24, 2.45) is 0 Å². The summed E-state index contributed by atoms with van der Waals surface area (Å²) in [7, 11) is 4.12. The third-order valence-corrected chi connectivity index (χ3v) is 4.75. The topological polar surface area (TPSA) is 120 Å². The number of nitrogens with zero attached hydrogens (tertiary/aromatic N) is 1. The number of benzene rings is 1. The second-order valence-corrected chi connectivity index (χ2v) is 7.18. The molecule has 0 radical (unpaired) electrons. The molecule has 0 bridgehead atoms. The van der Waals surface area contributed by atoms with E-state index in [0.29, 0.717) is 22.3 Å². The van der Waals surface area contributed by atoms with Crippen molar-refractivity contribution in [3.8, 4) is 11.5 Å². The molecule has 2 rings (SSSR count). The van der Waals surface area contributed by atoms with E-state index in [1.807, 2.05) is 13.8 Å². The van der Waals surface area contributed by atoms with Gasteiger partial charge in [-0.3, -0.25) is 9.59 Å². The van der Waals surface area contributed by atoms with Crippen molar-refractivity contribution >= 4 is 29.3 Å². The van der Waals surface area contributed by atoms with Gasteiger partial charge in [0.25, 0.3) is 5.56 Å². The first kappa shape index (κ1) is 22.3. The molecule has 9 nitrogen and oxygen atoms in total. The van der Waals surface area contributed by atoms with E-state index in [1.54, 1.807) is 0 Å². The molecule has 29 heavy (non-hydrogen) atoms. The fraction of sp³-hybridized carbons (Fsp3) is 0.368. The predicted octanol–water partition coefficient (Wildman–Crippen LogP) is 2.43. The minimum atomic E-state index is -0.635. The lowest BCUT2D eigenvalue weighted by molar-refractivity contribution is -0.113. The molecular formula is C19H23N3O6S. The number of aromatic amines is 1. The van der Waals surface area contributed by atoms with Crippen LogP contribution in [0.1, 0.15) is 35.8 Å². The fourth-order valence-electron chi connectivity index (χ4n) is 2.40. The monoisotopic (exact) mass is 421 g/mol. The number of aromatic nitrogens is 2. The molecule has 0 fully saturated rings. The van der Waals surface area contributed by atoms with Crippen LogP contribution >= 0.6 is 11.8 Å². The zero-order valence-corrected chi connectivity index (χ0v) is 17.6. The van der Waals surface area contributed by atoms with Gasteiger partial charge in [0.1, 0.15) is 0 Å². The minimum Gasteiger partial charge on any atom is -0.493 e. The van der Waals surface area contributed by atoms with E-state index in [1.165, 1.54) is 39.5 Å². The quantitative estimate of drug-likeness (QED) is 0.379. The van der Waals surface area contributed by atoms with Crippen LogP contribution < -0.4 is 20.3 Å². The lowest BCUT2D eigenvalue weighted by atomic mass is 10.1. The standard InChI is InChI=1S/C19H23N3O6S/c1-10(2)12-8-16(23)22-19(21-12)29-9-17(24)20-13-7-15(27-4)14(26-3)6-11(13)18(25)28-5/h6-8,10H,9H2,1-5H3,(H,20,24)(H,21,22,23). The van der Waals surface area contributed by atoms with E-state index < -0.39 is 11.9 Å². The number of rotatable bonds is 8. The fourth-order valence-corrected chi connectivity index (χ4v) is 3.08. The highest BCUT2D eigenvalue weighted by molar-refractivity contribution is 7.99. The Balaban J connectivity index is 2.20. The number of esters is 1. The summed E-state index contributed by atoms with van der Waals surface area (Å²) in [5, 5.41) is 3.00. The average molecular weight is 421 g/mol. The molecule has 0 aliphatic carbocycles. The second kappa shape index (κ2) is 9.97. The Morgan fingerprint density at radius 1 is 1.14 bits per heavy atom. The van der Waals surface area contributed by atoms with Crippen LogP contribution in [0.25, 0.3) is 0 Å². The molecular weight excluding hydrogens is 398 g/mol. The van der Waals surface area contributed by atoms with Crippen LogP contribution in [0.5, 0.6) is 11.5 Å². The zero-order chi connectivity index (χ0) is 21.6. The zero-order valence-electron chi connectivity index (χ0n) is 16.8. The summed E-state index contributed by atoms with van der Waals surface area (Å²) in [5.74, 6) is -0.306. The molecule has 2 aromatic rings. The summed E-state index contributed by atoms with van der Waals surface area (Å²) < 4.78 is 15.2. The van der Waals surface area contributed by atoms with Gasteiger partial charge in [-0.2, -0.15) is 0 Å². The Morgan fingerprint density at radius 3 is 2.38 bits per heavy atom. The molecule has 0 aliphatic heterocycles. The molecule has 1 aromatic carbocycles. The number of amides is 1. The number of nitrogens with one attached hydrogen (secondary N) is 2. The molecule has 2 N–H and O–H groups in total. The van der Waals surface area contributed by atoms with Gasteiger partial charge >= 0.3 is 5.97 Å². The molecule has 1 aromatic heterocycles. The smallest absolute Gasteiger partial charge is 0.340 e. The number of hydrogen-bond donors (Lipinski definition) is 2. The second-order valence-electron chi connectivity index (χ2n) is 6.21. The van der Waals surface area contributed by atoms with Gasteiger partial charge in [0, 0.05) is 18.2 Å². The van der Waals surface area contributed by atoms with Crippen LogP contribution in [-0.4, -0.2) is 48.9 Å². The van der Waals surface area contributed by atoms with E-state index in [0.717, 1.165) is 11.8 Å². The van der Waals surface area contributed by atoms with Crippen LogP contribution in [0.2, 0.25) is 0 Å². The summed E-state index contributed by atoms with van der Waals surface area (Å²) in [4.78, 5) is 43.2. The number of carbonyl (C=O) groups is 2. The summed E-state index contributed by atoms with van der Waals surface area (Å²) in [6, 6.07) is 4.34. The van der Waals surface area contributed by atoms with Gasteiger partial charge in [0.2, 0.25) is 5.91 Å². The van der Waals surface area contributed by atoms with Crippen molar-refractivity contribution < 1.29 is 23.8 Å². The van der Waals surface area contributed by atoms with Crippen molar-refractivity contribution in [1.29, 1.82) is 0 Å². The van der Waals surface area contributed by atoms with Crippen LogP contribution in [0.4, 0.5) is 5.69 Å². The van der Waals surface area contributed by atoms with E-state index in [4.69, 9.17) is 14.2 Å². The van der Waals surface area contributed by atoms with Crippen LogP contribution in [0.15, 0.2) is 28.2 Å². The third kappa shape index (κ3) is 5.74. The number of H-pyrrole nitrogens is 1. The van der Waals surface area contributed by atoms with Crippen LogP contribution in [0.3, 0.4) is 0 Å². The maximum atomic E-state index is 12.4. The molecule has 0 unspecified atom stereocenters. The Kier molecular flexibility index (Phi) is 7.66. The average Bonchev–Trinajstić information content (AvgIpc) is 2.70. The molecule has 0 aliphatic rings. The van der Waals surface area contributed by atoms with Gasteiger partial charge < -0.3 is 24.5 Å². The van der Waals surface area contributed by atoms with Gasteiger partial charge in [-0.05, 0) is 5.92 Å². The molecule has 1 amide bonds. The minimum absolute atomic E-state index is 0.0283. The van der Waals surface area contributed by atoms with E-state index in [9.17, 15) is 14.4 Å². The van der Waals surface area contributed by atoms with Gasteiger partial charge in [-0.15, -0.1) is 0 Å². The summed E-state index contributed by atoms with van der Waals surface area (Å²) in [6.45, 7) is 3.85. The maximum absolute atomic E-state index is 12.4. The summed E-state index contributed by atoms with van der Waals surface area (Å²) >= 11 is 1.08. The van der Waals surface area contributed by atoms with Gasteiger partial charge in [0.05, 0.1) is 44.0 Å². The lowest BCUT2D eigenvalue weighted by Gasteiger charge is -2.14. The van der Waals surface area contributed by atoms with Crippen molar-refractivity contribution in [3.63, 3.8) is 0 Å². The molecule has 0 saturated carbocycles. The van der Waals surface area contributed by atoms with Gasteiger partial charge in [-0.1, -0.05) is 25.6 Å². The first-order valence-electron chi connectivity index (χ1n) is 8.67. The Hall–Kier alpha value is -3.01. The largest absolute Gasteiger partial charge is 0.493 e. The van der Waals surface area contributed by atoms with Crippen LogP contribution in [-0.2, 0) is 9.53 Å². The normalized spacial score (nSPS) is 10.6. The first-order chi connectivity index (χ1) is 13.8. The number of ether oxygens (including phenoxy) is 3. The molecule has 0 atom stereocenters.